The van der Waals surface area contributed by atoms with Gasteiger partial charge in [0.05, 0.1) is 6.42 Å². The number of nitrogens with zero attached hydrogens (tertiary/aromatic N) is 1. The molecule has 6 heteroatoms. The molecule has 0 aromatic carbocycles. The van der Waals surface area contributed by atoms with E-state index in [1.54, 1.807) is 0 Å². The van der Waals surface area contributed by atoms with Crippen LogP contribution < -0.4 is 0 Å². The molecule has 100 valence electrons. The average Bonchev–Trinajstić information content (AvgIpc) is 2.64. The number of amides is 1. The Morgan fingerprint density at radius 2 is 2.28 bits per heavy atom. The van der Waals surface area contributed by atoms with Gasteiger partial charge in [-0.25, -0.2) is 0 Å². The lowest BCUT2D eigenvalue weighted by molar-refractivity contribution is -0.143. The van der Waals surface area contributed by atoms with Gasteiger partial charge in [-0.15, -0.1) is 0 Å². The molecular formula is C12H16ClNO4. The van der Waals surface area contributed by atoms with Crippen LogP contribution in [0, 0.1) is 0 Å². The second-order valence-electron chi connectivity index (χ2n) is 4.06. The fourth-order valence-electron chi connectivity index (χ4n) is 1.93. The van der Waals surface area contributed by atoms with Gasteiger partial charge in [0.2, 0.25) is 11.1 Å². The number of hydrogen-bond donors (Lipinski definition) is 0. The first-order chi connectivity index (χ1) is 8.54. The Morgan fingerprint density at radius 1 is 1.56 bits per heavy atom. The number of carbonyl (C=O) groups is 3. The smallest absolute Gasteiger partial charge is 0.307 e. The summed E-state index contributed by atoms with van der Waals surface area (Å²) in [6.07, 6.45) is 2.74. The SMILES string of the molecule is C=CCOC(=O)CCN1C(=O)CC[C@H]1CC(=O)Cl. The summed E-state index contributed by atoms with van der Waals surface area (Å²) < 4.78 is 4.81. The van der Waals surface area contributed by atoms with Crippen molar-refractivity contribution in [3.05, 3.63) is 12.7 Å². The maximum atomic E-state index is 11.6. The first-order valence-electron chi connectivity index (χ1n) is 5.79. The Morgan fingerprint density at radius 3 is 2.89 bits per heavy atom. The summed E-state index contributed by atoms with van der Waals surface area (Å²) in [5.41, 5.74) is 0. The molecular weight excluding hydrogens is 258 g/mol. The molecule has 1 atom stereocenters. The summed E-state index contributed by atoms with van der Waals surface area (Å²) in [7, 11) is 0. The number of rotatable bonds is 7. The number of carbonyl (C=O) groups excluding carboxylic acids is 3. The van der Waals surface area contributed by atoms with Crippen molar-refractivity contribution in [2.45, 2.75) is 31.7 Å². The summed E-state index contributed by atoms with van der Waals surface area (Å²) in [4.78, 5) is 35.3. The maximum Gasteiger partial charge on any atom is 0.307 e. The Kier molecular flexibility index (Phi) is 5.85. The number of esters is 1. The van der Waals surface area contributed by atoms with E-state index in [4.69, 9.17) is 16.3 Å². The summed E-state index contributed by atoms with van der Waals surface area (Å²) in [5.74, 6) is -0.431. The van der Waals surface area contributed by atoms with Crippen LogP contribution in [0.5, 0.6) is 0 Å². The quantitative estimate of drug-likeness (QED) is 0.398. The fourth-order valence-corrected chi connectivity index (χ4v) is 2.11. The molecule has 0 spiro atoms. The highest BCUT2D eigenvalue weighted by molar-refractivity contribution is 6.63. The van der Waals surface area contributed by atoms with Gasteiger partial charge in [0.1, 0.15) is 6.61 Å². The third-order valence-electron chi connectivity index (χ3n) is 2.77. The second-order valence-corrected chi connectivity index (χ2v) is 4.48. The normalized spacial score (nSPS) is 18.8. The van der Waals surface area contributed by atoms with Crippen LogP contribution in [-0.4, -0.2) is 41.2 Å². The Labute approximate surface area is 111 Å². The molecule has 1 rings (SSSR count). The third kappa shape index (κ3) is 4.49. The molecule has 18 heavy (non-hydrogen) atoms. The minimum Gasteiger partial charge on any atom is -0.461 e. The molecule has 5 nitrogen and oxygen atoms in total. The van der Waals surface area contributed by atoms with Crippen LogP contribution in [-0.2, 0) is 19.1 Å². The number of ether oxygens (including phenoxy) is 1. The van der Waals surface area contributed by atoms with Crippen LogP contribution in [0.4, 0.5) is 0 Å². The van der Waals surface area contributed by atoms with Gasteiger partial charge in [0, 0.05) is 25.4 Å². The molecule has 1 amide bonds. The number of halogens is 1. The van der Waals surface area contributed by atoms with Crippen LogP contribution in [0.1, 0.15) is 25.7 Å². The minimum absolute atomic E-state index is 0.0468. The standard InChI is InChI=1S/C12H16ClNO4/c1-2-7-18-12(17)5-6-14-9(8-10(13)15)3-4-11(14)16/h2,9H,1,3-8H2/t9-/m0/s1. The zero-order valence-electron chi connectivity index (χ0n) is 10.1. The molecule has 0 aliphatic carbocycles. The Bertz CT molecular complexity index is 356. The lowest BCUT2D eigenvalue weighted by Gasteiger charge is -2.23. The van der Waals surface area contributed by atoms with Crippen LogP contribution in [0.25, 0.3) is 0 Å². The van der Waals surface area contributed by atoms with Crippen molar-refractivity contribution in [2.24, 2.45) is 0 Å². The van der Waals surface area contributed by atoms with Crippen molar-refractivity contribution in [3.8, 4) is 0 Å². The maximum absolute atomic E-state index is 11.6. The first kappa shape index (κ1) is 14.7. The molecule has 0 aromatic rings. The highest BCUT2D eigenvalue weighted by atomic mass is 35.5. The van der Waals surface area contributed by atoms with Crippen LogP contribution in [0.15, 0.2) is 12.7 Å². The molecule has 0 aromatic heterocycles. The van der Waals surface area contributed by atoms with Crippen molar-refractivity contribution in [2.75, 3.05) is 13.2 Å². The third-order valence-corrected chi connectivity index (χ3v) is 2.92. The molecule has 1 saturated heterocycles. The van der Waals surface area contributed by atoms with Crippen molar-refractivity contribution in [1.29, 1.82) is 0 Å². The fraction of sp³-hybridized carbons (Fsp3) is 0.583. The highest BCUT2D eigenvalue weighted by Gasteiger charge is 2.32. The summed E-state index contributed by atoms with van der Waals surface area (Å²) in [6, 6.07) is -0.185. The number of likely N-dealkylation sites (tertiary alicyclic amines) is 1. The molecule has 0 bridgehead atoms. The first-order valence-corrected chi connectivity index (χ1v) is 6.16. The molecule has 1 heterocycles. The zero-order valence-corrected chi connectivity index (χ0v) is 10.8. The Hall–Kier alpha value is -1.36. The molecule has 0 unspecified atom stereocenters. The van der Waals surface area contributed by atoms with Gasteiger partial charge >= 0.3 is 5.97 Å². The van der Waals surface area contributed by atoms with E-state index in [2.05, 4.69) is 6.58 Å². The lowest BCUT2D eigenvalue weighted by Crippen LogP contribution is -2.35. The van der Waals surface area contributed by atoms with Crippen LogP contribution >= 0.6 is 11.6 Å². The number of hydrogen-bond acceptors (Lipinski definition) is 4. The minimum atomic E-state index is -0.464. The van der Waals surface area contributed by atoms with Crippen LogP contribution in [0.3, 0.4) is 0 Å². The van der Waals surface area contributed by atoms with Crippen LogP contribution in [0.2, 0.25) is 0 Å². The molecule has 1 fully saturated rings. The van der Waals surface area contributed by atoms with Crippen molar-refractivity contribution in [1.82, 2.24) is 4.90 Å². The van der Waals surface area contributed by atoms with E-state index in [1.807, 2.05) is 0 Å². The van der Waals surface area contributed by atoms with Crippen molar-refractivity contribution in [3.63, 3.8) is 0 Å². The Balaban J connectivity index is 2.42. The molecule has 0 saturated carbocycles. The monoisotopic (exact) mass is 273 g/mol. The van der Waals surface area contributed by atoms with Gasteiger partial charge in [-0.05, 0) is 18.0 Å². The molecule has 0 N–H and O–H groups in total. The van der Waals surface area contributed by atoms with E-state index in [9.17, 15) is 14.4 Å². The van der Waals surface area contributed by atoms with E-state index in [0.29, 0.717) is 12.8 Å². The lowest BCUT2D eigenvalue weighted by atomic mass is 10.1. The molecule has 1 aliphatic heterocycles. The summed E-state index contributed by atoms with van der Waals surface area (Å²) in [5, 5.41) is -0.464. The van der Waals surface area contributed by atoms with E-state index >= 15 is 0 Å². The molecule has 0 radical (unpaired) electrons. The summed E-state index contributed by atoms with van der Waals surface area (Å²) >= 11 is 5.32. The van der Waals surface area contributed by atoms with Gasteiger partial charge in [0.25, 0.3) is 0 Å². The van der Waals surface area contributed by atoms with E-state index in [1.165, 1.54) is 11.0 Å². The topological polar surface area (TPSA) is 63.7 Å². The van der Waals surface area contributed by atoms with Gasteiger partial charge in [-0.1, -0.05) is 12.7 Å². The van der Waals surface area contributed by atoms with Gasteiger partial charge in [0.15, 0.2) is 0 Å². The predicted octanol–water partition coefficient (Wildman–Crippen LogP) is 1.25. The largest absolute Gasteiger partial charge is 0.461 e. The summed E-state index contributed by atoms with van der Waals surface area (Å²) in [6.45, 7) is 3.86. The molecule has 1 aliphatic rings. The van der Waals surface area contributed by atoms with Crippen molar-refractivity contribution < 1.29 is 19.1 Å². The van der Waals surface area contributed by atoms with E-state index in [0.717, 1.165) is 0 Å². The van der Waals surface area contributed by atoms with E-state index in [-0.39, 0.29) is 43.9 Å². The average molecular weight is 274 g/mol. The second kappa shape index (κ2) is 7.16. The van der Waals surface area contributed by atoms with E-state index < -0.39 is 5.24 Å². The highest BCUT2D eigenvalue weighted by Crippen LogP contribution is 2.22. The van der Waals surface area contributed by atoms with Gasteiger partial charge < -0.3 is 9.64 Å². The van der Waals surface area contributed by atoms with Gasteiger partial charge in [-0.3, -0.25) is 14.4 Å². The van der Waals surface area contributed by atoms with Crippen molar-refractivity contribution >= 4 is 28.7 Å². The zero-order chi connectivity index (χ0) is 13.5. The predicted molar refractivity (Wildman–Crippen MR) is 66.0 cm³/mol. The van der Waals surface area contributed by atoms with Gasteiger partial charge in [-0.2, -0.15) is 0 Å².